The molecule has 1 aliphatic heterocycles. The number of piperidine rings is 1. The van der Waals surface area contributed by atoms with Gasteiger partial charge in [0.2, 0.25) is 0 Å². The highest BCUT2D eigenvalue weighted by Gasteiger charge is 2.27. The molecule has 0 radical (unpaired) electrons. The van der Waals surface area contributed by atoms with Crippen LogP contribution in [-0.4, -0.2) is 18.1 Å². The van der Waals surface area contributed by atoms with Crippen LogP contribution in [0.2, 0.25) is 0 Å². The molecule has 0 aliphatic carbocycles. The van der Waals surface area contributed by atoms with Gasteiger partial charge in [0.25, 0.3) is 0 Å². The molecular formula is C16H22N2. The molecule has 3 rings (SSSR count). The molecule has 96 valence electrons. The third-order valence-corrected chi connectivity index (χ3v) is 4.48. The van der Waals surface area contributed by atoms with Gasteiger partial charge in [0.1, 0.15) is 0 Å². The average molecular weight is 242 g/mol. The fourth-order valence-electron chi connectivity index (χ4n) is 3.45. The zero-order chi connectivity index (χ0) is 12.5. The summed E-state index contributed by atoms with van der Waals surface area (Å²) >= 11 is 0. The van der Waals surface area contributed by atoms with Crippen LogP contribution < -0.4 is 5.32 Å². The van der Waals surface area contributed by atoms with Gasteiger partial charge in [-0.1, -0.05) is 25.5 Å². The summed E-state index contributed by atoms with van der Waals surface area (Å²) in [4.78, 5) is 3.45. The number of aromatic nitrogens is 1. The summed E-state index contributed by atoms with van der Waals surface area (Å²) in [5, 5.41) is 4.99. The maximum atomic E-state index is 3.53. The minimum absolute atomic E-state index is 0.714. The van der Waals surface area contributed by atoms with Gasteiger partial charge in [-0.15, -0.1) is 0 Å². The topological polar surface area (TPSA) is 27.8 Å². The summed E-state index contributed by atoms with van der Waals surface area (Å²) < 4.78 is 0. The predicted octanol–water partition coefficient (Wildman–Crippen LogP) is 3.58. The third-order valence-electron chi connectivity index (χ3n) is 4.48. The van der Waals surface area contributed by atoms with E-state index in [0.717, 1.165) is 12.5 Å². The van der Waals surface area contributed by atoms with Gasteiger partial charge in [0, 0.05) is 17.1 Å². The highest BCUT2D eigenvalue weighted by molar-refractivity contribution is 5.87. The fraction of sp³-hybridized carbons (Fsp3) is 0.500. The Morgan fingerprint density at radius 1 is 1.33 bits per heavy atom. The van der Waals surface area contributed by atoms with Gasteiger partial charge in [-0.2, -0.15) is 0 Å². The Balaban J connectivity index is 2.07. The first-order valence-electron chi connectivity index (χ1n) is 7.08. The molecule has 0 saturated carbocycles. The number of aryl methyl sites for hydroxylation is 1. The molecule has 2 heterocycles. The van der Waals surface area contributed by atoms with Crippen molar-refractivity contribution in [2.24, 2.45) is 5.92 Å². The smallest absolute Gasteiger partial charge is 0.0459 e. The van der Waals surface area contributed by atoms with E-state index < -0.39 is 0 Å². The number of benzene rings is 1. The number of hydrogen-bond donors (Lipinski definition) is 2. The molecule has 1 aromatic carbocycles. The maximum absolute atomic E-state index is 3.53. The summed E-state index contributed by atoms with van der Waals surface area (Å²) in [7, 11) is 0. The molecule has 2 aromatic rings. The van der Waals surface area contributed by atoms with Crippen molar-refractivity contribution in [3.8, 4) is 0 Å². The standard InChI is InChI=1S/C16H22N2/c1-3-12-9-17-8-7-13(12)14-10-18-15-6-4-5-11(2)16(14)15/h4-6,10,12-13,17-18H,3,7-9H2,1-2H3. The average Bonchev–Trinajstić information content (AvgIpc) is 2.84. The van der Waals surface area contributed by atoms with Crippen LogP contribution in [0, 0.1) is 12.8 Å². The molecule has 2 N–H and O–H groups in total. The molecule has 0 amide bonds. The normalized spacial score (nSPS) is 24.6. The molecule has 1 fully saturated rings. The van der Waals surface area contributed by atoms with E-state index in [1.807, 2.05) is 0 Å². The van der Waals surface area contributed by atoms with Crippen molar-refractivity contribution >= 4 is 10.9 Å². The van der Waals surface area contributed by atoms with Gasteiger partial charge in [0.05, 0.1) is 0 Å². The molecule has 1 aromatic heterocycles. The van der Waals surface area contributed by atoms with Gasteiger partial charge in [-0.3, -0.25) is 0 Å². The van der Waals surface area contributed by atoms with Crippen molar-refractivity contribution in [2.75, 3.05) is 13.1 Å². The summed E-state index contributed by atoms with van der Waals surface area (Å²) in [6, 6.07) is 6.55. The van der Waals surface area contributed by atoms with Crippen molar-refractivity contribution in [2.45, 2.75) is 32.6 Å². The summed E-state index contributed by atoms with van der Waals surface area (Å²) in [5.74, 6) is 1.49. The second kappa shape index (κ2) is 4.77. The molecule has 2 nitrogen and oxygen atoms in total. The Morgan fingerprint density at radius 3 is 3.06 bits per heavy atom. The van der Waals surface area contributed by atoms with Gasteiger partial charge < -0.3 is 10.3 Å². The van der Waals surface area contributed by atoms with E-state index in [-0.39, 0.29) is 0 Å². The number of H-pyrrole nitrogens is 1. The lowest BCUT2D eigenvalue weighted by molar-refractivity contribution is 0.319. The highest BCUT2D eigenvalue weighted by atomic mass is 14.9. The van der Waals surface area contributed by atoms with Crippen LogP contribution in [-0.2, 0) is 0 Å². The van der Waals surface area contributed by atoms with E-state index in [4.69, 9.17) is 0 Å². The maximum Gasteiger partial charge on any atom is 0.0459 e. The molecule has 2 unspecified atom stereocenters. The first-order valence-corrected chi connectivity index (χ1v) is 7.08. The van der Waals surface area contributed by atoms with E-state index >= 15 is 0 Å². The zero-order valence-electron chi connectivity index (χ0n) is 11.3. The SMILES string of the molecule is CCC1CNCCC1c1c[nH]c2cccc(C)c12. The van der Waals surface area contributed by atoms with Crippen molar-refractivity contribution in [3.63, 3.8) is 0 Å². The lowest BCUT2D eigenvalue weighted by Gasteiger charge is -2.31. The molecule has 0 bridgehead atoms. The van der Waals surface area contributed by atoms with Gasteiger partial charge in [0.15, 0.2) is 0 Å². The lowest BCUT2D eigenvalue weighted by atomic mass is 9.79. The fourth-order valence-corrected chi connectivity index (χ4v) is 3.45. The molecule has 2 heteroatoms. The molecule has 2 atom stereocenters. The van der Waals surface area contributed by atoms with E-state index in [2.05, 4.69) is 48.5 Å². The predicted molar refractivity (Wildman–Crippen MR) is 77.0 cm³/mol. The second-order valence-corrected chi connectivity index (χ2v) is 5.51. The molecule has 1 aliphatic rings. The van der Waals surface area contributed by atoms with E-state index in [1.54, 1.807) is 0 Å². The van der Waals surface area contributed by atoms with Crippen LogP contribution >= 0.6 is 0 Å². The zero-order valence-corrected chi connectivity index (χ0v) is 11.3. The monoisotopic (exact) mass is 242 g/mol. The Morgan fingerprint density at radius 2 is 2.22 bits per heavy atom. The van der Waals surface area contributed by atoms with Gasteiger partial charge in [-0.25, -0.2) is 0 Å². The van der Waals surface area contributed by atoms with Gasteiger partial charge in [-0.05, 0) is 55.5 Å². The summed E-state index contributed by atoms with van der Waals surface area (Å²) in [6.07, 6.45) is 4.77. The first kappa shape index (κ1) is 11.8. The van der Waals surface area contributed by atoms with Crippen LogP contribution in [0.4, 0.5) is 0 Å². The van der Waals surface area contributed by atoms with Crippen molar-refractivity contribution in [1.82, 2.24) is 10.3 Å². The minimum atomic E-state index is 0.714. The quantitative estimate of drug-likeness (QED) is 0.827. The third kappa shape index (κ3) is 1.85. The number of aromatic amines is 1. The summed E-state index contributed by atoms with van der Waals surface area (Å²) in [6.45, 7) is 6.85. The number of hydrogen-bond acceptors (Lipinski definition) is 1. The summed E-state index contributed by atoms with van der Waals surface area (Å²) in [5.41, 5.74) is 4.23. The Hall–Kier alpha value is -1.28. The van der Waals surface area contributed by atoms with Crippen molar-refractivity contribution in [3.05, 3.63) is 35.5 Å². The molecule has 1 saturated heterocycles. The minimum Gasteiger partial charge on any atom is -0.361 e. The first-order chi connectivity index (χ1) is 8.81. The van der Waals surface area contributed by atoms with E-state index in [0.29, 0.717) is 5.92 Å². The largest absolute Gasteiger partial charge is 0.361 e. The van der Waals surface area contributed by atoms with Crippen LogP contribution in [0.15, 0.2) is 24.4 Å². The van der Waals surface area contributed by atoms with Crippen LogP contribution in [0.1, 0.15) is 36.8 Å². The number of nitrogens with one attached hydrogen (secondary N) is 2. The van der Waals surface area contributed by atoms with E-state index in [1.165, 1.54) is 41.4 Å². The van der Waals surface area contributed by atoms with Crippen molar-refractivity contribution in [1.29, 1.82) is 0 Å². The Bertz CT molecular complexity index is 541. The van der Waals surface area contributed by atoms with Crippen molar-refractivity contribution < 1.29 is 0 Å². The second-order valence-electron chi connectivity index (χ2n) is 5.51. The Kier molecular flexibility index (Phi) is 3.13. The highest BCUT2D eigenvalue weighted by Crippen LogP contribution is 2.37. The number of fused-ring (bicyclic) bond motifs is 1. The Labute approximate surface area is 109 Å². The lowest BCUT2D eigenvalue weighted by Crippen LogP contribution is -2.35. The van der Waals surface area contributed by atoms with Crippen LogP contribution in [0.25, 0.3) is 10.9 Å². The van der Waals surface area contributed by atoms with Crippen LogP contribution in [0.3, 0.4) is 0 Å². The number of rotatable bonds is 2. The molecule has 18 heavy (non-hydrogen) atoms. The molecule has 0 spiro atoms. The van der Waals surface area contributed by atoms with Gasteiger partial charge >= 0.3 is 0 Å². The molecular weight excluding hydrogens is 220 g/mol. The van der Waals surface area contributed by atoms with Crippen LogP contribution in [0.5, 0.6) is 0 Å². The van der Waals surface area contributed by atoms with E-state index in [9.17, 15) is 0 Å².